The van der Waals surface area contributed by atoms with Crippen LogP contribution in [0.2, 0.25) is 0 Å². The summed E-state index contributed by atoms with van der Waals surface area (Å²) in [6.07, 6.45) is 0.118. The molecule has 1 rings (SSSR count). The van der Waals surface area contributed by atoms with E-state index in [9.17, 15) is 8.78 Å². The molecular formula is C9H16F2. The summed E-state index contributed by atoms with van der Waals surface area (Å²) in [4.78, 5) is 0. The fraction of sp³-hybridized carbons (Fsp3) is 1.00. The second-order valence-corrected chi connectivity index (χ2v) is 5.02. The van der Waals surface area contributed by atoms with Crippen molar-refractivity contribution in [1.82, 2.24) is 0 Å². The number of rotatable bonds is 0. The third-order valence-corrected chi connectivity index (χ3v) is 3.11. The average molecular weight is 162 g/mol. The van der Waals surface area contributed by atoms with Crippen molar-refractivity contribution in [3.63, 3.8) is 0 Å². The smallest absolute Gasteiger partial charge is 0.207 e. The first-order valence-corrected chi connectivity index (χ1v) is 4.04. The van der Waals surface area contributed by atoms with Crippen LogP contribution in [0.3, 0.4) is 0 Å². The Kier molecular flexibility index (Phi) is 1.60. The molecule has 0 bridgehead atoms. The van der Waals surface area contributed by atoms with E-state index in [1.807, 2.05) is 27.7 Å². The van der Waals surface area contributed by atoms with E-state index in [4.69, 9.17) is 0 Å². The maximum atomic E-state index is 12.6. The minimum Gasteiger partial charge on any atom is -0.207 e. The van der Waals surface area contributed by atoms with Gasteiger partial charge in [-0.25, -0.2) is 8.78 Å². The van der Waals surface area contributed by atoms with E-state index < -0.39 is 5.92 Å². The first-order chi connectivity index (χ1) is 4.66. The summed E-state index contributed by atoms with van der Waals surface area (Å²) < 4.78 is 25.1. The van der Waals surface area contributed by atoms with Crippen LogP contribution in [0, 0.1) is 10.8 Å². The van der Waals surface area contributed by atoms with Gasteiger partial charge in [0.1, 0.15) is 0 Å². The molecule has 2 heteroatoms. The average Bonchev–Trinajstić information content (AvgIpc) is 1.55. The lowest BCUT2D eigenvalue weighted by Crippen LogP contribution is -2.51. The second kappa shape index (κ2) is 1.96. The van der Waals surface area contributed by atoms with Crippen LogP contribution in [-0.4, -0.2) is 5.92 Å². The quantitative estimate of drug-likeness (QED) is 0.511. The van der Waals surface area contributed by atoms with Crippen LogP contribution in [-0.2, 0) is 0 Å². The van der Waals surface area contributed by atoms with E-state index >= 15 is 0 Å². The first-order valence-electron chi connectivity index (χ1n) is 4.04. The number of hydrogen-bond donors (Lipinski definition) is 0. The van der Waals surface area contributed by atoms with Crippen LogP contribution < -0.4 is 0 Å². The third-order valence-electron chi connectivity index (χ3n) is 3.11. The summed E-state index contributed by atoms with van der Waals surface area (Å²) in [6, 6.07) is 0. The van der Waals surface area contributed by atoms with Crippen molar-refractivity contribution >= 4 is 0 Å². The van der Waals surface area contributed by atoms with Gasteiger partial charge in [-0.15, -0.1) is 0 Å². The lowest BCUT2D eigenvalue weighted by molar-refractivity contribution is -0.191. The van der Waals surface area contributed by atoms with E-state index in [0.717, 1.165) is 0 Å². The molecule has 0 nitrogen and oxygen atoms in total. The summed E-state index contributed by atoms with van der Waals surface area (Å²) in [5.74, 6) is -2.39. The molecule has 0 aromatic carbocycles. The predicted molar refractivity (Wildman–Crippen MR) is 41.7 cm³/mol. The summed E-state index contributed by atoms with van der Waals surface area (Å²) in [5, 5.41) is 0. The SMILES string of the molecule is CC(C)(C)C1(C)CC(F)(F)C1. The molecule has 11 heavy (non-hydrogen) atoms. The lowest BCUT2D eigenvalue weighted by Gasteiger charge is -2.53. The van der Waals surface area contributed by atoms with Gasteiger partial charge in [-0.3, -0.25) is 0 Å². The van der Waals surface area contributed by atoms with Crippen molar-refractivity contribution in [2.24, 2.45) is 10.8 Å². The van der Waals surface area contributed by atoms with E-state index in [1.165, 1.54) is 0 Å². The highest BCUT2D eigenvalue weighted by atomic mass is 19.3. The van der Waals surface area contributed by atoms with E-state index in [0.29, 0.717) is 0 Å². The zero-order valence-electron chi connectivity index (χ0n) is 7.67. The van der Waals surface area contributed by atoms with E-state index in [-0.39, 0.29) is 23.7 Å². The minimum absolute atomic E-state index is 0.00861. The normalized spacial score (nSPS) is 27.8. The van der Waals surface area contributed by atoms with Crippen molar-refractivity contribution in [1.29, 1.82) is 0 Å². The highest BCUT2D eigenvalue weighted by molar-refractivity contribution is 5.02. The van der Waals surface area contributed by atoms with Crippen LogP contribution >= 0.6 is 0 Å². The minimum atomic E-state index is -2.39. The monoisotopic (exact) mass is 162 g/mol. The molecule has 1 aliphatic rings. The van der Waals surface area contributed by atoms with Gasteiger partial charge in [0, 0.05) is 12.8 Å². The summed E-state index contributed by atoms with van der Waals surface area (Å²) >= 11 is 0. The van der Waals surface area contributed by atoms with Gasteiger partial charge in [0.05, 0.1) is 0 Å². The maximum absolute atomic E-state index is 12.6. The molecule has 0 spiro atoms. The number of halogens is 2. The molecule has 0 heterocycles. The molecule has 0 aromatic rings. The predicted octanol–water partition coefficient (Wildman–Crippen LogP) is 3.47. The van der Waals surface area contributed by atoms with Gasteiger partial charge in [0.25, 0.3) is 0 Å². The number of alkyl halides is 2. The Morgan fingerprint density at radius 1 is 1.09 bits per heavy atom. The molecular weight excluding hydrogens is 146 g/mol. The largest absolute Gasteiger partial charge is 0.249 e. The Hall–Kier alpha value is -0.140. The highest BCUT2D eigenvalue weighted by Crippen LogP contribution is 2.60. The molecule has 0 unspecified atom stereocenters. The Morgan fingerprint density at radius 2 is 1.45 bits per heavy atom. The highest BCUT2D eigenvalue weighted by Gasteiger charge is 2.58. The zero-order valence-corrected chi connectivity index (χ0v) is 7.67. The Labute approximate surface area is 67.0 Å². The van der Waals surface area contributed by atoms with Gasteiger partial charge in [-0.05, 0) is 10.8 Å². The fourth-order valence-corrected chi connectivity index (χ4v) is 1.62. The van der Waals surface area contributed by atoms with Crippen molar-refractivity contribution < 1.29 is 8.78 Å². The standard InChI is InChI=1S/C9H16F2/c1-7(2,3)8(4)5-9(10,11)6-8/h5-6H2,1-4H3. The van der Waals surface area contributed by atoms with Gasteiger partial charge in [0.15, 0.2) is 0 Å². The van der Waals surface area contributed by atoms with Gasteiger partial charge >= 0.3 is 0 Å². The molecule has 0 saturated heterocycles. The van der Waals surface area contributed by atoms with Crippen molar-refractivity contribution in [2.45, 2.75) is 46.5 Å². The third kappa shape index (κ3) is 1.40. The summed E-state index contributed by atoms with van der Waals surface area (Å²) in [7, 11) is 0. The van der Waals surface area contributed by atoms with Crippen LogP contribution in [0.25, 0.3) is 0 Å². The van der Waals surface area contributed by atoms with Crippen molar-refractivity contribution in [3.8, 4) is 0 Å². The molecule has 1 saturated carbocycles. The lowest BCUT2D eigenvalue weighted by atomic mass is 9.54. The number of hydrogen-bond acceptors (Lipinski definition) is 0. The van der Waals surface area contributed by atoms with Crippen LogP contribution in [0.4, 0.5) is 8.78 Å². The fourth-order valence-electron chi connectivity index (χ4n) is 1.62. The van der Waals surface area contributed by atoms with Crippen LogP contribution in [0.1, 0.15) is 40.5 Å². The van der Waals surface area contributed by atoms with Crippen LogP contribution in [0.5, 0.6) is 0 Å². The van der Waals surface area contributed by atoms with Gasteiger partial charge in [-0.1, -0.05) is 27.7 Å². The second-order valence-electron chi connectivity index (χ2n) is 5.02. The Bertz CT molecular complexity index is 157. The molecule has 0 radical (unpaired) electrons. The maximum Gasteiger partial charge on any atom is 0.249 e. The molecule has 0 aromatic heterocycles. The Morgan fingerprint density at radius 3 is 1.55 bits per heavy atom. The van der Waals surface area contributed by atoms with E-state index in [2.05, 4.69) is 0 Å². The van der Waals surface area contributed by atoms with Gasteiger partial charge in [-0.2, -0.15) is 0 Å². The van der Waals surface area contributed by atoms with E-state index in [1.54, 1.807) is 0 Å². The summed E-state index contributed by atoms with van der Waals surface area (Å²) in [6.45, 7) is 8.04. The molecule has 1 fully saturated rings. The molecule has 1 aliphatic carbocycles. The molecule has 0 aliphatic heterocycles. The zero-order chi connectivity index (χ0) is 8.91. The van der Waals surface area contributed by atoms with Crippen molar-refractivity contribution in [3.05, 3.63) is 0 Å². The molecule has 0 atom stereocenters. The first kappa shape index (κ1) is 8.95. The van der Waals surface area contributed by atoms with Gasteiger partial charge in [0.2, 0.25) is 5.92 Å². The Balaban J connectivity index is 2.64. The molecule has 66 valence electrons. The van der Waals surface area contributed by atoms with Gasteiger partial charge < -0.3 is 0 Å². The molecule has 0 amide bonds. The topological polar surface area (TPSA) is 0 Å². The molecule has 0 N–H and O–H groups in total. The van der Waals surface area contributed by atoms with Crippen molar-refractivity contribution in [2.75, 3.05) is 0 Å². The van der Waals surface area contributed by atoms with Crippen LogP contribution in [0.15, 0.2) is 0 Å². The summed E-state index contributed by atoms with van der Waals surface area (Å²) in [5.41, 5.74) is -0.148.